The molecule has 2 atom stereocenters. The molecule has 0 N–H and O–H groups in total. The highest BCUT2D eigenvalue weighted by molar-refractivity contribution is 6.21. The second-order valence-corrected chi connectivity index (χ2v) is 8.26. The summed E-state index contributed by atoms with van der Waals surface area (Å²) in [5.74, 6) is -0.151. The van der Waals surface area contributed by atoms with Crippen molar-refractivity contribution in [2.75, 3.05) is 13.3 Å². The van der Waals surface area contributed by atoms with Crippen LogP contribution in [0.1, 0.15) is 39.1 Å². The smallest absolute Gasteiger partial charge is 0.313 e. The van der Waals surface area contributed by atoms with Gasteiger partial charge in [0.25, 0.3) is 11.8 Å². The van der Waals surface area contributed by atoms with E-state index >= 15 is 0 Å². The van der Waals surface area contributed by atoms with E-state index in [0.717, 1.165) is 22.5 Å². The summed E-state index contributed by atoms with van der Waals surface area (Å²) in [6.45, 7) is 4.37. The molecule has 0 aromatic heterocycles. The first-order valence-corrected chi connectivity index (χ1v) is 9.99. The maximum Gasteiger partial charge on any atom is 0.313 e. The predicted molar refractivity (Wildman–Crippen MR) is 108 cm³/mol. The van der Waals surface area contributed by atoms with Crippen molar-refractivity contribution in [2.24, 2.45) is 11.3 Å². The molecule has 2 amide bonds. The maximum atomic E-state index is 12.5. The molecule has 2 aliphatic heterocycles. The first-order valence-electron chi connectivity index (χ1n) is 9.99. The normalized spacial score (nSPS) is 24.8. The third-order valence-electron chi connectivity index (χ3n) is 6.36. The van der Waals surface area contributed by atoms with Gasteiger partial charge >= 0.3 is 5.97 Å². The van der Waals surface area contributed by atoms with E-state index in [0.29, 0.717) is 36.3 Å². The Morgan fingerprint density at radius 1 is 1.07 bits per heavy atom. The number of nitrogens with zero attached hydrogens (tertiary/aromatic N) is 1. The first-order chi connectivity index (χ1) is 14.5. The number of esters is 1. The molecule has 0 radical (unpaired) electrons. The zero-order chi connectivity index (χ0) is 20.9. The molecule has 6 nitrogen and oxygen atoms in total. The standard InChI is InChI=1S/C24H21NO5/c1-15-9-17-13-29-23(28)24(17,11-15)12-16-5-4-6-18(10-16)30-14-25-21(26)19-7-2-3-8-20(19)22(25)27/h2-8,10,17H,1,9,11-14H2. The van der Waals surface area contributed by atoms with E-state index in [4.69, 9.17) is 9.47 Å². The molecule has 3 aliphatic rings. The van der Waals surface area contributed by atoms with Crippen LogP contribution in [0, 0.1) is 11.3 Å². The van der Waals surface area contributed by atoms with Crippen LogP contribution < -0.4 is 4.74 Å². The fraction of sp³-hybridized carbons (Fsp3) is 0.292. The van der Waals surface area contributed by atoms with Crippen LogP contribution in [0.3, 0.4) is 0 Å². The number of imide groups is 1. The summed E-state index contributed by atoms with van der Waals surface area (Å²) in [6.07, 6.45) is 2.03. The van der Waals surface area contributed by atoms with Crippen molar-refractivity contribution in [1.29, 1.82) is 0 Å². The third kappa shape index (κ3) is 2.83. The molecule has 30 heavy (non-hydrogen) atoms. The van der Waals surface area contributed by atoms with Crippen LogP contribution in [0.2, 0.25) is 0 Å². The lowest BCUT2D eigenvalue weighted by Crippen LogP contribution is -2.33. The summed E-state index contributed by atoms with van der Waals surface area (Å²) < 4.78 is 11.1. The topological polar surface area (TPSA) is 72.9 Å². The van der Waals surface area contributed by atoms with Crippen LogP contribution in [0.25, 0.3) is 0 Å². The number of carbonyl (C=O) groups excluding carboxylic acids is 3. The minimum absolute atomic E-state index is 0.150. The number of allylic oxidation sites excluding steroid dienone is 1. The van der Waals surface area contributed by atoms with Gasteiger partial charge in [0, 0.05) is 5.92 Å². The highest BCUT2D eigenvalue weighted by Gasteiger charge is 2.55. The Balaban J connectivity index is 1.31. The minimum atomic E-state index is -0.543. The number of cyclic esters (lactones) is 1. The number of ether oxygens (including phenoxy) is 2. The van der Waals surface area contributed by atoms with Crippen molar-refractivity contribution in [1.82, 2.24) is 4.90 Å². The van der Waals surface area contributed by atoms with Crippen LogP contribution in [0.15, 0.2) is 60.7 Å². The van der Waals surface area contributed by atoms with Crippen LogP contribution in [-0.2, 0) is 16.0 Å². The van der Waals surface area contributed by atoms with Gasteiger partial charge in [-0.1, -0.05) is 36.4 Å². The first kappa shape index (κ1) is 18.6. The molecule has 2 aromatic carbocycles. The number of amides is 2. The molecule has 2 heterocycles. The van der Waals surface area contributed by atoms with Gasteiger partial charge in [-0.15, -0.1) is 0 Å². The molecule has 1 saturated carbocycles. The number of hydrogen-bond acceptors (Lipinski definition) is 5. The fourth-order valence-corrected chi connectivity index (χ4v) is 4.87. The highest BCUT2D eigenvalue weighted by Crippen LogP contribution is 2.52. The molecular formula is C24H21NO5. The largest absolute Gasteiger partial charge is 0.473 e. The van der Waals surface area contributed by atoms with Gasteiger partial charge in [0.05, 0.1) is 23.1 Å². The Labute approximate surface area is 174 Å². The van der Waals surface area contributed by atoms with Crippen LogP contribution in [-0.4, -0.2) is 36.0 Å². The van der Waals surface area contributed by atoms with Crippen LogP contribution >= 0.6 is 0 Å². The fourth-order valence-electron chi connectivity index (χ4n) is 4.87. The Kier molecular flexibility index (Phi) is 4.24. The molecule has 0 bridgehead atoms. The Bertz CT molecular complexity index is 1060. The summed E-state index contributed by atoms with van der Waals surface area (Å²) in [5.41, 5.74) is 2.29. The average molecular weight is 403 g/mol. The average Bonchev–Trinajstić information content (AvgIpc) is 3.30. The summed E-state index contributed by atoms with van der Waals surface area (Å²) in [7, 11) is 0. The zero-order valence-corrected chi connectivity index (χ0v) is 16.4. The number of hydrogen-bond donors (Lipinski definition) is 0. The van der Waals surface area contributed by atoms with Crippen molar-refractivity contribution in [3.63, 3.8) is 0 Å². The second-order valence-electron chi connectivity index (χ2n) is 8.26. The van der Waals surface area contributed by atoms with E-state index in [2.05, 4.69) is 6.58 Å². The number of carbonyl (C=O) groups is 3. The summed E-state index contributed by atoms with van der Waals surface area (Å²) in [5, 5.41) is 0. The molecule has 0 spiro atoms. The van der Waals surface area contributed by atoms with Gasteiger partial charge in [0.1, 0.15) is 5.75 Å². The van der Waals surface area contributed by atoms with Gasteiger partial charge in [0.2, 0.25) is 0 Å². The quantitative estimate of drug-likeness (QED) is 0.435. The predicted octanol–water partition coefficient (Wildman–Crippen LogP) is 3.37. The SMILES string of the molecule is C=C1CC2COC(=O)C2(Cc2cccc(OCN3C(=O)c4ccccc4C3=O)c2)C1. The molecule has 1 aliphatic carbocycles. The highest BCUT2D eigenvalue weighted by atomic mass is 16.5. The number of benzene rings is 2. The zero-order valence-electron chi connectivity index (χ0n) is 16.4. The lowest BCUT2D eigenvalue weighted by molar-refractivity contribution is -0.146. The Morgan fingerprint density at radius 3 is 2.53 bits per heavy atom. The molecule has 2 aromatic rings. The summed E-state index contributed by atoms with van der Waals surface area (Å²) in [6, 6.07) is 14.2. The van der Waals surface area contributed by atoms with Crippen molar-refractivity contribution in [3.05, 3.63) is 77.4 Å². The lowest BCUT2D eigenvalue weighted by atomic mass is 9.75. The molecule has 2 unspecified atom stereocenters. The van der Waals surface area contributed by atoms with Gasteiger partial charge in [-0.3, -0.25) is 14.4 Å². The maximum absolute atomic E-state index is 12.5. The number of rotatable bonds is 5. The third-order valence-corrected chi connectivity index (χ3v) is 6.36. The van der Waals surface area contributed by atoms with E-state index in [1.165, 1.54) is 0 Å². The molecular weight excluding hydrogens is 382 g/mol. The van der Waals surface area contributed by atoms with Crippen LogP contribution in [0.5, 0.6) is 5.75 Å². The van der Waals surface area contributed by atoms with Gasteiger partial charge in [0.15, 0.2) is 6.73 Å². The van der Waals surface area contributed by atoms with Gasteiger partial charge in [-0.25, -0.2) is 4.90 Å². The van der Waals surface area contributed by atoms with E-state index in [1.807, 2.05) is 18.2 Å². The van der Waals surface area contributed by atoms with E-state index in [9.17, 15) is 14.4 Å². The monoisotopic (exact) mass is 403 g/mol. The van der Waals surface area contributed by atoms with Crippen molar-refractivity contribution < 1.29 is 23.9 Å². The minimum Gasteiger partial charge on any atom is -0.473 e. The van der Waals surface area contributed by atoms with Crippen molar-refractivity contribution in [2.45, 2.75) is 19.3 Å². The van der Waals surface area contributed by atoms with Crippen molar-refractivity contribution in [3.8, 4) is 5.75 Å². The second kappa shape index (κ2) is 6.83. The lowest BCUT2D eigenvalue weighted by Gasteiger charge is -2.24. The van der Waals surface area contributed by atoms with Gasteiger partial charge in [-0.2, -0.15) is 0 Å². The molecule has 1 saturated heterocycles. The molecule has 6 heteroatoms. The summed E-state index contributed by atoms with van der Waals surface area (Å²) in [4.78, 5) is 38.6. The van der Waals surface area contributed by atoms with E-state index in [-0.39, 0.29) is 30.4 Å². The van der Waals surface area contributed by atoms with E-state index in [1.54, 1.807) is 30.3 Å². The van der Waals surface area contributed by atoms with Gasteiger partial charge < -0.3 is 9.47 Å². The van der Waals surface area contributed by atoms with Crippen molar-refractivity contribution >= 4 is 17.8 Å². The van der Waals surface area contributed by atoms with Crippen LogP contribution in [0.4, 0.5) is 0 Å². The van der Waals surface area contributed by atoms with E-state index < -0.39 is 5.41 Å². The molecule has 5 rings (SSSR count). The number of fused-ring (bicyclic) bond motifs is 2. The Hall–Kier alpha value is -3.41. The summed E-state index contributed by atoms with van der Waals surface area (Å²) >= 11 is 0. The molecule has 2 fully saturated rings. The Morgan fingerprint density at radius 2 is 1.80 bits per heavy atom. The van der Waals surface area contributed by atoms with Gasteiger partial charge in [-0.05, 0) is 49.1 Å². The molecule has 152 valence electrons.